The highest BCUT2D eigenvalue weighted by molar-refractivity contribution is 7.99. The minimum absolute atomic E-state index is 0.324. The van der Waals surface area contributed by atoms with Crippen molar-refractivity contribution in [3.05, 3.63) is 53.5 Å². The normalized spacial score (nSPS) is 12.7. The number of halogens is 2. The van der Waals surface area contributed by atoms with Gasteiger partial charge in [0, 0.05) is 28.3 Å². The summed E-state index contributed by atoms with van der Waals surface area (Å²) in [5.74, 6) is 0.115. The molecule has 0 amide bonds. The summed E-state index contributed by atoms with van der Waals surface area (Å²) in [5, 5.41) is 0. The van der Waals surface area contributed by atoms with Crippen LogP contribution in [0, 0.1) is 18.6 Å². The number of nitrogens with two attached hydrogens (primary N) is 1. The van der Waals surface area contributed by atoms with E-state index in [2.05, 4.69) is 0 Å². The van der Waals surface area contributed by atoms with Gasteiger partial charge in [0.15, 0.2) is 0 Å². The lowest BCUT2D eigenvalue weighted by Crippen LogP contribution is -2.14. The van der Waals surface area contributed by atoms with Crippen LogP contribution in [-0.2, 0) is 0 Å². The van der Waals surface area contributed by atoms with Gasteiger partial charge in [0.2, 0.25) is 0 Å². The van der Waals surface area contributed by atoms with Gasteiger partial charge in [-0.3, -0.25) is 0 Å². The average Bonchev–Trinajstić information content (AvgIpc) is 2.72. The Labute approximate surface area is 108 Å². The standard InChI is InChI=1S/C13H13F2NOS/c1-8-13(4-5-17-8)18-7-12(16)10-3-2-9(14)6-11(10)15/h2-6,12H,7,16H2,1H3. The molecule has 0 fully saturated rings. The van der Waals surface area contributed by atoms with E-state index in [1.165, 1.54) is 23.9 Å². The Hall–Kier alpha value is -1.33. The van der Waals surface area contributed by atoms with Crippen LogP contribution in [-0.4, -0.2) is 5.75 Å². The second-order valence-corrected chi connectivity index (χ2v) is 4.99. The van der Waals surface area contributed by atoms with Crippen LogP contribution >= 0.6 is 11.8 Å². The topological polar surface area (TPSA) is 39.2 Å². The number of hydrogen-bond acceptors (Lipinski definition) is 3. The quantitative estimate of drug-likeness (QED) is 0.861. The minimum Gasteiger partial charge on any atom is -0.468 e. The molecule has 0 saturated carbocycles. The molecule has 0 bridgehead atoms. The van der Waals surface area contributed by atoms with Crippen molar-refractivity contribution in [3.8, 4) is 0 Å². The van der Waals surface area contributed by atoms with Crippen LogP contribution < -0.4 is 5.73 Å². The lowest BCUT2D eigenvalue weighted by Gasteiger charge is -2.12. The number of hydrogen-bond donors (Lipinski definition) is 1. The summed E-state index contributed by atoms with van der Waals surface area (Å²) >= 11 is 1.49. The van der Waals surface area contributed by atoms with E-state index >= 15 is 0 Å². The van der Waals surface area contributed by atoms with Gasteiger partial charge in [-0.15, -0.1) is 11.8 Å². The fourth-order valence-electron chi connectivity index (χ4n) is 1.59. The molecule has 1 unspecified atom stereocenters. The molecule has 18 heavy (non-hydrogen) atoms. The molecule has 1 aromatic heterocycles. The molecule has 0 aliphatic heterocycles. The summed E-state index contributed by atoms with van der Waals surface area (Å²) < 4.78 is 31.4. The third-order valence-electron chi connectivity index (χ3n) is 2.59. The van der Waals surface area contributed by atoms with Gasteiger partial charge in [-0.05, 0) is 19.1 Å². The van der Waals surface area contributed by atoms with Crippen LogP contribution in [0.15, 0.2) is 39.8 Å². The molecule has 1 atom stereocenters. The van der Waals surface area contributed by atoms with E-state index in [1.807, 2.05) is 13.0 Å². The predicted octanol–water partition coefficient (Wildman–Crippen LogP) is 3.66. The lowest BCUT2D eigenvalue weighted by molar-refractivity contribution is 0.527. The Balaban J connectivity index is 2.03. The van der Waals surface area contributed by atoms with Gasteiger partial charge in [-0.1, -0.05) is 6.07 Å². The summed E-state index contributed by atoms with van der Waals surface area (Å²) in [7, 11) is 0. The predicted molar refractivity (Wildman–Crippen MR) is 67.5 cm³/mol. The van der Waals surface area contributed by atoms with Crippen molar-refractivity contribution in [1.29, 1.82) is 0 Å². The fourth-order valence-corrected chi connectivity index (χ4v) is 2.54. The molecule has 2 rings (SSSR count). The molecule has 0 radical (unpaired) electrons. The largest absolute Gasteiger partial charge is 0.468 e. The van der Waals surface area contributed by atoms with Gasteiger partial charge in [0.1, 0.15) is 17.4 Å². The molecular formula is C13H13F2NOS. The third-order valence-corrected chi connectivity index (χ3v) is 3.85. The van der Waals surface area contributed by atoms with Crippen LogP contribution in [0.2, 0.25) is 0 Å². The molecular weight excluding hydrogens is 256 g/mol. The number of benzene rings is 1. The first-order chi connectivity index (χ1) is 8.58. The van der Waals surface area contributed by atoms with E-state index in [4.69, 9.17) is 10.2 Å². The molecule has 0 aliphatic rings. The Bertz CT molecular complexity index is 542. The SMILES string of the molecule is Cc1occc1SCC(N)c1ccc(F)cc1F. The molecule has 2 aromatic rings. The van der Waals surface area contributed by atoms with Crippen molar-refractivity contribution in [2.24, 2.45) is 5.73 Å². The molecule has 0 spiro atoms. The highest BCUT2D eigenvalue weighted by atomic mass is 32.2. The van der Waals surface area contributed by atoms with Crippen molar-refractivity contribution in [3.63, 3.8) is 0 Å². The second kappa shape index (κ2) is 5.54. The van der Waals surface area contributed by atoms with E-state index in [0.29, 0.717) is 11.3 Å². The molecule has 0 aliphatic carbocycles. The molecule has 96 valence electrons. The zero-order valence-electron chi connectivity index (χ0n) is 9.82. The summed E-state index contributed by atoms with van der Waals surface area (Å²) in [5.41, 5.74) is 6.22. The van der Waals surface area contributed by atoms with Crippen molar-refractivity contribution in [1.82, 2.24) is 0 Å². The maximum absolute atomic E-state index is 13.5. The lowest BCUT2D eigenvalue weighted by atomic mass is 10.1. The first-order valence-electron chi connectivity index (χ1n) is 5.45. The molecule has 0 saturated heterocycles. The van der Waals surface area contributed by atoms with Crippen molar-refractivity contribution in [2.75, 3.05) is 5.75 Å². The number of furan rings is 1. The van der Waals surface area contributed by atoms with Crippen LogP contribution in [0.25, 0.3) is 0 Å². The number of aryl methyl sites for hydroxylation is 1. The van der Waals surface area contributed by atoms with Gasteiger partial charge >= 0.3 is 0 Å². The Kier molecular flexibility index (Phi) is 4.04. The molecule has 2 nitrogen and oxygen atoms in total. The van der Waals surface area contributed by atoms with E-state index in [0.717, 1.165) is 16.7 Å². The zero-order chi connectivity index (χ0) is 13.1. The van der Waals surface area contributed by atoms with Crippen LogP contribution in [0.5, 0.6) is 0 Å². The van der Waals surface area contributed by atoms with Gasteiger partial charge in [0.25, 0.3) is 0 Å². The van der Waals surface area contributed by atoms with E-state index in [-0.39, 0.29) is 0 Å². The van der Waals surface area contributed by atoms with E-state index < -0.39 is 17.7 Å². The number of thioether (sulfide) groups is 1. The molecule has 1 aromatic carbocycles. The third kappa shape index (κ3) is 2.91. The zero-order valence-corrected chi connectivity index (χ0v) is 10.6. The molecule has 5 heteroatoms. The summed E-state index contributed by atoms with van der Waals surface area (Å²) in [6.45, 7) is 1.85. The first-order valence-corrected chi connectivity index (χ1v) is 6.44. The summed E-state index contributed by atoms with van der Waals surface area (Å²) in [6, 6.07) is 4.81. The maximum Gasteiger partial charge on any atom is 0.130 e. The van der Waals surface area contributed by atoms with Gasteiger partial charge in [-0.2, -0.15) is 0 Å². The van der Waals surface area contributed by atoms with E-state index in [1.54, 1.807) is 6.26 Å². The summed E-state index contributed by atoms with van der Waals surface area (Å²) in [4.78, 5) is 0.980. The van der Waals surface area contributed by atoms with Crippen LogP contribution in [0.4, 0.5) is 8.78 Å². The molecule has 1 heterocycles. The Morgan fingerprint density at radius 3 is 2.72 bits per heavy atom. The number of rotatable bonds is 4. The van der Waals surface area contributed by atoms with Gasteiger partial charge < -0.3 is 10.2 Å². The van der Waals surface area contributed by atoms with Crippen molar-refractivity contribution in [2.45, 2.75) is 17.9 Å². The van der Waals surface area contributed by atoms with Crippen LogP contribution in [0.1, 0.15) is 17.4 Å². The van der Waals surface area contributed by atoms with Gasteiger partial charge in [-0.25, -0.2) is 8.78 Å². The molecule has 2 N–H and O–H groups in total. The monoisotopic (exact) mass is 269 g/mol. The van der Waals surface area contributed by atoms with Gasteiger partial charge in [0.05, 0.1) is 6.26 Å². The van der Waals surface area contributed by atoms with Crippen molar-refractivity contribution >= 4 is 11.8 Å². The first kappa shape index (κ1) is 13.1. The summed E-state index contributed by atoms with van der Waals surface area (Å²) in [6.07, 6.45) is 1.60. The Morgan fingerprint density at radius 1 is 1.33 bits per heavy atom. The smallest absolute Gasteiger partial charge is 0.130 e. The van der Waals surface area contributed by atoms with Crippen molar-refractivity contribution < 1.29 is 13.2 Å². The maximum atomic E-state index is 13.5. The Morgan fingerprint density at radius 2 is 2.11 bits per heavy atom. The average molecular weight is 269 g/mol. The van der Waals surface area contributed by atoms with Crippen LogP contribution in [0.3, 0.4) is 0 Å². The highest BCUT2D eigenvalue weighted by Crippen LogP contribution is 2.27. The minimum atomic E-state index is -0.605. The fraction of sp³-hybridized carbons (Fsp3) is 0.231. The van der Waals surface area contributed by atoms with E-state index in [9.17, 15) is 8.78 Å². The second-order valence-electron chi connectivity index (χ2n) is 3.92. The highest BCUT2D eigenvalue weighted by Gasteiger charge is 2.13.